The maximum Gasteiger partial charge on any atom is 0.294 e. The fourth-order valence-electron chi connectivity index (χ4n) is 1.20. The first-order valence-corrected chi connectivity index (χ1v) is 5.25. The fourth-order valence-corrected chi connectivity index (χ4v) is 2.03. The maximum atomic E-state index is 10.9. The Balaban J connectivity index is 3.47. The molecule has 0 aliphatic carbocycles. The summed E-state index contributed by atoms with van der Waals surface area (Å²) in [5, 5.41) is 0. The lowest BCUT2D eigenvalue weighted by molar-refractivity contribution is 0.482. The van der Waals surface area contributed by atoms with Gasteiger partial charge in [-0.25, -0.2) is 0 Å². The number of nitrogen functional groups attached to an aromatic ring is 1. The molecule has 0 radical (unpaired) electrons. The largest absolute Gasteiger partial charge is 0.398 e. The van der Waals surface area contributed by atoms with Crippen molar-refractivity contribution in [2.75, 3.05) is 5.73 Å². The van der Waals surface area contributed by atoms with Crippen molar-refractivity contribution in [3.05, 3.63) is 23.8 Å². The van der Waals surface area contributed by atoms with Crippen molar-refractivity contribution in [3.63, 3.8) is 0 Å². The average Bonchev–Trinajstić information content (AvgIpc) is 2.02. The van der Waals surface area contributed by atoms with Crippen molar-refractivity contribution in [1.29, 1.82) is 0 Å². The lowest BCUT2D eigenvalue weighted by atomic mass is 10.1. The van der Waals surface area contributed by atoms with Crippen LogP contribution in [0.5, 0.6) is 0 Å². The van der Waals surface area contributed by atoms with Crippen molar-refractivity contribution < 1.29 is 13.0 Å². The summed E-state index contributed by atoms with van der Waals surface area (Å²) in [6.07, 6.45) is 0.474. The molecule has 3 N–H and O–H groups in total. The van der Waals surface area contributed by atoms with E-state index in [1.807, 2.05) is 0 Å². The molecule has 0 saturated carbocycles. The van der Waals surface area contributed by atoms with Crippen molar-refractivity contribution in [1.82, 2.24) is 0 Å². The van der Waals surface area contributed by atoms with E-state index in [9.17, 15) is 8.42 Å². The molecule has 1 aromatic rings. The number of anilines is 1. The third-order valence-electron chi connectivity index (χ3n) is 1.80. The molecule has 0 bridgehead atoms. The van der Waals surface area contributed by atoms with Gasteiger partial charge in [-0.1, -0.05) is 13.0 Å². The Hall–Kier alpha value is -1.07. The molecule has 0 atom stereocenters. The first-order chi connectivity index (χ1) is 5.96. The van der Waals surface area contributed by atoms with Gasteiger partial charge in [-0.15, -0.1) is 0 Å². The molecule has 0 aliphatic heterocycles. The maximum absolute atomic E-state index is 10.9. The van der Waals surface area contributed by atoms with Crippen LogP contribution in [0.2, 0.25) is 0 Å². The van der Waals surface area contributed by atoms with Crippen LogP contribution in [0.1, 0.15) is 12.5 Å². The summed E-state index contributed by atoms with van der Waals surface area (Å²) in [4.78, 5) is -0.102. The summed E-state index contributed by atoms with van der Waals surface area (Å²) in [7, 11) is -4.15. The van der Waals surface area contributed by atoms with Gasteiger partial charge < -0.3 is 5.73 Å². The smallest absolute Gasteiger partial charge is 0.294 e. The van der Waals surface area contributed by atoms with Crippen LogP contribution in [0.25, 0.3) is 0 Å². The Labute approximate surface area is 77.1 Å². The molecule has 0 spiro atoms. The lowest BCUT2D eigenvalue weighted by Crippen LogP contribution is -2.05. The van der Waals surface area contributed by atoms with Gasteiger partial charge in [0.05, 0.1) is 4.90 Å². The summed E-state index contributed by atoms with van der Waals surface area (Å²) in [5.74, 6) is 0. The first kappa shape index (κ1) is 10.0. The molecule has 1 aromatic carbocycles. The van der Waals surface area contributed by atoms with Crippen LogP contribution in [0.15, 0.2) is 23.1 Å². The minimum absolute atomic E-state index is 0.102. The van der Waals surface area contributed by atoms with E-state index in [0.29, 0.717) is 17.7 Å². The van der Waals surface area contributed by atoms with Gasteiger partial charge in [-0.05, 0) is 24.1 Å². The van der Waals surface area contributed by atoms with Crippen molar-refractivity contribution >= 4 is 15.8 Å². The topological polar surface area (TPSA) is 80.4 Å². The van der Waals surface area contributed by atoms with Crippen LogP contribution in [-0.2, 0) is 16.5 Å². The second kappa shape index (κ2) is 3.35. The monoisotopic (exact) mass is 201 g/mol. The summed E-state index contributed by atoms with van der Waals surface area (Å²) in [5.41, 5.74) is 6.40. The summed E-state index contributed by atoms with van der Waals surface area (Å²) < 4.78 is 30.6. The zero-order chi connectivity index (χ0) is 10.1. The highest BCUT2D eigenvalue weighted by atomic mass is 32.2. The molecule has 0 aliphatic rings. The SMILES string of the molecule is CCc1c(N)cccc1S(=O)(=O)O. The van der Waals surface area contributed by atoms with E-state index in [1.54, 1.807) is 13.0 Å². The molecule has 0 fully saturated rings. The Morgan fingerprint density at radius 1 is 1.46 bits per heavy atom. The van der Waals surface area contributed by atoms with E-state index in [-0.39, 0.29) is 4.90 Å². The standard InChI is InChI=1S/C8H11NO3S/c1-2-6-7(9)4-3-5-8(6)13(10,11)12/h3-5H,2,9H2,1H3,(H,10,11,12). The number of hydrogen-bond acceptors (Lipinski definition) is 3. The van der Waals surface area contributed by atoms with E-state index in [4.69, 9.17) is 10.3 Å². The lowest BCUT2D eigenvalue weighted by Gasteiger charge is -2.06. The fraction of sp³-hybridized carbons (Fsp3) is 0.250. The van der Waals surface area contributed by atoms with Crippen LogP contribution in [-0.4, -0.2) is 13.0 Å². The highest BCUT2D eigenvalue weighted by Gasteiger charge is 2.15. The summed E-state index contributed by atoms with van der Waals surface area (Å²) in [6, 6.07) is 4.44. The van der Waals surface area contributed by atoms with Gasteiger partial charge in [0.2, 0.25) is 0 Å². The number of rotatable bonds is 2. The van der Waals surface area contributed by atoms with E-state index < -0.39 is 10.1 Å². The van der Waals surface area contributed by atoms with E-state index in [0.717, 1.165) is 0 Å². The van der Waals surface area contributed by atoms with Gasteiger partial charge in [-0.3, -0.25) is 4.55 Å². The molecule has 0 heterocycles. The Morgan fingerprint density at radius 3 is 2.46 bits per heavy atom. The van der Waals surface area contributed by atoms with Gasteiger partial charge in [0.1, 0.15) is 0 Å². The molecule has 0 saturated heterocycles. The van der Waals surface area contributed by atoms with Crippen LogP contribution in [0.3, 0.4) is 0 Å². The first-order valence-electron chi connectivity index (χ1n) is 3.81. The van der Waals surface area contributed by atoms with Gasteiger partial charge in [0.15, 0.2) is 0 Å². The minimum atomic E-state index is -4.15. The molecular formula is C8H11NO3S. The minimum Gasteiger partial charge on any atom is -0.398 e. The van der Waals surface area contributed by atoms with Crippen LogP contribution >= 0.6 is 0 Å². The van der Waals surface area contributed by atoms with E-state index in [2.05, 4.69) is 0 Å². The predicted molar refractivity (Wildman–Crippen MR) is 50.0 cm³/mol. The van der Waals surface area contributed by atoms with Crippen LogP contribution < -0.4 is 5.73 Å². The molecule has 0 amide bonds. The summed E-state index contributed by atoms with van der Waals surface area (Å²) >= 11 is 0. The highest BCUT2D eigenvalue weighted by molar-refractivity contribution is 7.85. The van der Waals surface area contributed by atoms with Crippen LogP contribution in [0, 0.1) is 0 Å². The highest BCUT2D eigenvalue weighted by Crippen LogP contribution is 2.21. The Kier molecular flexibility index (Phi) is 2.58. The predicted octanol–water partition coefficient (Wildman–Crippen LogP) is 1.08. The molecule has 1 rings (SSSR count). The quantitative estimate of drug-likeness (QED) is 0.554. The number of nitrogens with two attached hydrogens (primary N) is 1. The molecule has 0 aromatic heterocycles. The van der Waals surface area contributed by atoms with Gasteiger partial charge in [0.25, 0.3) is 10.1 Å². The molecule has 0 unspecified atom stereocenters. The zero-order valence-electron chi connectivity index (χ0n) is 7.19. The van der Waals surface area contributed by atoms with E-state index in [1.165, 1.54) is 12.1 Å². The van der Waals surface area contributed by atoms with E-state index >= 15 is 0 Å². The second-order valence-electron chi connectivity index (χ2n) is 2.65. The third-order valence-corrected chi connectivity index (χ3v) is 2.74. The average molecular weight is 201 g/mol. The Morgan fingerprint density at radius 2 is 2.08 bits per heavy atom. The summed E-state index contributed by atoms with van der Waals surface area (Å²) in [6.45, 7) is 1.78. The van der Waals surface area contributed by atoms with Crippen molar-refractivity contribution in [2.45, 2.75) is 18.2 Å². The number of hydrogen-bond donors (Lipinski definition) is 2. The van der Waals surface area contributed by atoms with Crippen molar-refractivity contribution in [3.8, 4) is 0 Å². The molecule has 4 nitrogen and oxygen atoms in total. The van der Waals surface area contributed by atoms with Gasteiger partial charge in [0, 0.05) is 5.69 Å². The molecular weight excluding hydrogens is 190 g/mol. The van der Waals surface area contributed by atoms with Crippen molar-refractivity contribution in [2.24, 2.45) is 0 Å². The third kappa shape index (κ3) is 1.99. The second-order valence-corrected chi connectivity index (χ2v) is 4.04. The molecule has 5 heteroatoms. The van der Waals surface area contributed by atoms with Gasteiger partial charge >= 0.3 is 0 Å². The Bertz CT molecular complexity index is 411. The molecule has 13 heavy (non-hydrogen) atoms. The normalized spacial score (nSPS) is 11.5. The molecule has 72 valence electrons. The number of benzene rings is 1. The zero-order valence-corrected chi connectivity index (χ0v) is 8.00. The van der Waals surface area contributed by atoms with Crippen LogP contribution in [0.4, 0.5) is 5.69 Å². The van der Waals surface area contributed by atoms with Gasteiger partial charge in [-0.2, -0.15) is 8.42 Å².